The molecule has 0 unspecified atom stereocenters. The summed E-state index contributed by atoms with van der Waals surface area (Å²) in [5.41, 5.74) is 0.659. The molecule has 2 amide bonds. The van der Waals surface area contributed by atoms with Crippen molar-refractivity contribution in [3.63, 3.8) is 0 Å². The van der Waals surface area contributed by atoms with E-state index < -0.39 is 12.3 Å². The number of benzene rings is 1. The van der Waals surface area contributed by atoms with Gasteiger partial charge in [-0.3, -0.25) is 0 Å². The number of amides is 2. The number of carbonyl (C=O) groups excluding carboxylic acids is 1. The van der Waals surface area contributed by atoms with Crippen LogP contribution in [0.2, 0.25) is 0 Å². The van der Waals surface area contributed by atoms with Crippen molar-refractivity contribution in [2.24, 2.45) is 0 Å². The van der Waals surface area contributed by atoms with Crippen LogP contribution in [0.15, 0.2) is 30.5 Å². The molecule has 0 heterocycles. The minimum Gasteiger partial charge on any atom is -0.354 e. The molecule has 104 valence electrons. The third kappa shape index (κ3) is 5.98. The SMILES string of the molecule is COC(CNC(=O)N/C=C/c1cccc(F)c1)OC. The van der Waals surface area contributed by atoms with Gasteiger partial charge in [0.1, 0.15) is 5.82 Å². The lowest BCUT2D eigenvalue weighted by Crippen LogP contribution is -2.38. The molecule has 1 rings (SSSR count). The largest absolute Gasteiger partial charge is 0.354 e. The summed E-state index contributed by atoms with van der Waals surface area (Å²) in [6.07, 6.45) is 2.53. The van der Waals surface area contributed by atoms with Crippen molar-refractivity contribution in [2.75, 3.05) is 20.8 Å². The summed E-state index contributed by atoms with van der Waals surface area (Å²) >= 11 is 0. The summed E-state index contributed by atoms with van der Waals surface area (Å²) < 4.78 is 22.7. The Labute approximate surface area is 111 Å². The number of methoxy groups -OCH3 is 2. The van der Waals surface area contributed by atoms with Crippen LogP contribution >= 0.6 is 0 Å². The number of urea groups is 1. The topological polar surface area (TPSA) is 59.6 Å². The third-order valence-corrected chi connectivity index (χ3v) is 2.29. The highest BCUT2D eigenvalue weighted by Gasteiger charge is 2.05. The number of carbonyl (C=O) groups is 1. The number of hydrogen-bond acceptors (Lipinski definition) is 3. The predicted octanol–water partition coefficient (Wildman–Crippen LogP) is 1.71. The zero-order chi connectivity index (χ0) is 14.1. The van der Waals surface area contributed by atoms with Crippen LogP contribution in [-0.4, -0.2) is 33.1 Å². The van der Waals surface area contributed by atoms with Gasteiger partial charge in [0.15, 0.2) is 6.29 Å². The molecule has 0 spiro atoms. The Morgan fingerprint density at radius 2 is 2.16 bits per heavy atom. The first-order valence-corrected chi connectivity index (χ1v) is 5.67. The fourth-order valence-electron chi connectivity index (χ4n) is 1.31. The molecule has 0 bridgehead atoms. The van der Waals surface area contributed by atoms with E-state index in [1.807, 2.05) is 0 Å². The summed E-state index contributed by atoms with van der Waals surface area (Å²) in [4.78, 5) is 11.4. The molecule has 0 aliphatic carbocycles. The summed E-state index contributed by atoms with van der Waals surface area (Å²) in [7, 11) is 2.97. The van der Waals surface area contributed by atoms with E-state index in [1.54, 1.807) is 18.2 Å². The zero-order valence-electron chi connectivity index (χ0n) is 10.9. The minimum atomic E-state index is -0.488. The highest BCUT2D eigenvalue weighted by Crippen LogP contribution is 2.04. The molecule has 19 heavy (non-hydrogen) atoms. The molecule has 0 aliphatic heterocycles. The summed E-state index contributed by atoms with van der Waals surface area (Å²) in [5.74, 6) is -0.324. The maximum absolute atomic E-state index is 12.9. The van der Waals surface area contributed by atoms with Crippen LogP contribution in [0.3, 0.4) is 0 Å². The van der Waals surface area contributed by atoms with Crippen molar-refractivity contribution in [2.45, 2.75) is 6.29 Å². The third-order valence-electron chi connectivity index (χ3n) is 2.29. The fraction of sp³-hybridized carbons (Fsp3) is 0.308. The molecule has 5 nitrogen and oxygen atoms in total. The summed E-state index contributed by atoms with van der Waals surface area (Å²) in [6, 6.07) is 5.64. The van der Waals surface area contributed by atoms with Gasteiger partial charge in [0.2, 0.25) is 0 Å². The lowest BCUT2D eigenvalue weighted by Gasteiger charge is -2.13. The van der Waals surface area contributed by atoms with Crippen LogP contribution < -0.4 is 10.6 Å². The molecule has 0 atom stereocenters. The average Bonchev–Trinajstić information content (AvgIpc) is 2.40. The molecule has 0 aliphatic rings. The average molecular weight is 268 g/mol. The van der Waals surface area contributed by atoms with Crippen molar-refractivity contribution < 1.29 is 18.7 Å². The van der Waals surface area contributed by atoms with Gasteiger partial charge >= 0.3 is 6.03 Å². The van der Waals surface area contributed by atoms with Crippen molar-refractivity contribution in [3.8, 4) is 0 Å². The van der Waals surface area contributed by atoms with E-state index in [0.29, 0.717) is 5.56 Å². The summed E-state index contributed by atoms with van der Waals surface area (Å²) in [5, 5.41) is 5.05. The van der Waals surface area contributed by atoms with Crippen LogP contribution in [-0.2, 0) is 9.47 Å². The molecule has 1 aromatic rings. The molecule has 2 N–H and O–H groups in total. The number of halogens is 1. The van der Waals surface area contributed by atoms with Gasteiger partial charge < -0.3 is 20.1 Å². The Balaban J connectivity index is 2.34. The second-order valence-corrected chi connectivity index (χ2v) is 3.64. The van der Waals surface area contributed by atoms with Gasteiger partial charge in [-0.2, -0.15) is 0 Å². The molecule has 0 fully saturated rings. The first kappa shape index (κ1) is 15.1. The van der Waals surface area contributed by atoms with Crippen molar-refractivity contribution in [1.29, 1.82) is 0 Å². The molecule has 1 aromatic carbocycles. The first-order valence-electron chi connectivity index (χ1n) is 5.67. The molecule has 0 saturated carbocycles. The molecule has 0 aromatic heterocycles. The van der Waals surface area contributed by atoms with Gasteiger partial charge in [-0.15, -0.1) is 0 Å². The Morgan fingerprint density at radius 1 is 1.42 bits per heavy atom. The fourth-order valence-corrected chi connectivity index (χ4v) is 1.31. The smallest absolute Gasteiger partial charge is 0.318 e. The van der Waals surface area contributed by atoms with E-state index >= 15 is 0 Å². The Bertz CT molecular complexity index is 434. The van der Waals surface area contributed by atoms with E-state index in [9.17, 15) is 9.18 Å². The quantitative estimate of drug-likeness (QED) is 0.772. The minimum absolute atomic E-state index is 0.229. The Morgan fingerprint density at radius 3 is 2.79 bits per heavy atom. The second-order valence-electron chi connectivity index (χ2n) is 3.64. The number of nitrogens with one attached hydrogen (secondary N) is 2. The van der Waals surface area contributed by atoms with Gasteiger partial charge in [0.05, 0.1) is 6.54 Å². The number of ether oxygens (including phenoxy) is 2. The predicted molar refractivity (Wildman–Crippen MR) is 69.8 cm³/mol. The van der Waals surface area contributed by atoms with E-state index in [0.717, 1.165) is 0 Å². The highest BCUT2D eigenvalue weighted by atomic mass is 19.1. The van der Waals surface area contributed by atoms with E-state index in [1.165, 1.54) is 32.6 Å². The Hall–Kier alpha value is -1.92. The van der Waals surface area contributed by atoms with Crippen LogP contribution in [0.4, 0.5) is 9.18 Å². The van der Waals surface area contributed by atoms with Crippen LogP contribution in [0.1, 0.15) is 5.56 Å². The van der Waals surface area contributed by atoms with Crippen molar-refractivity contribution in [3.05, 3.63) is 41.8 Å². The second kappa shape index (κ2) is 8.23. The number of rotatable bonds is 6. The van der Waals surface area contributed by atoms with Crippen LogP contribution in [0.5, 0.6) is 0 Å². The maximum atomic E-state index is 12.9. The highest BCUT2D eigenvalue weighted by molar-refractivity contribution is 5.75. The molecule has 0 saturated heterocycles. The lowest BCUT2D eigenvalue weighted by molar-refractivity contribution is -0.0971. The van der Waals surface area contributed by atoms with E-state index in [4.69, 9.17) is 9.47 Å². The van der Waals surface area contributed by atoms with E-state index in [-0.39, 0.29) is 12.4 Å². The molecular formula is C13H17FN2O3. The van der Waals surface area contributed by atoms with Crippen LogP contribution in [0.25, 0.3) is 6.08 Å². The van der Waals surface area contributed by atoms with Crippen molar-refractivity contribution >= 4 is 12.1 Å². The monoisotopic (exact) mass is 268 g/mol. The molecule has 6 heteroatoms. The van der Waals surface area contributed by atoms with Gasteiger partial charge in [0.25, 0.3) is 0 Å². The maximum Gasteiger partial charge on any atom is 0.318 e. The van der Waals surface area contributed by atoms with Crippen LogP contribution in [0, 0.1) is 5.82 Å². The zero-order valence-corrected chi connectivity index (χ0v) is 10.9. The van der Waals surface area contributed by atoms with Gasteiger partial charge in [-0.25, -0.2) is 9.18 Å². The number of hydrogen-bond donors (Lipinski definition) is 2. The summed E-state index contributed by atoms with van der Waals surface area (Å²) in [6.45, 7) is 0.229. The molecular weight excluding hydrogens is 251 g/mol. The molecule has 0 radical (unpaired) electrons. The standard InChI is InChI=1S/C13H17FN2O3/c1-18-12(19-2)9-16-13(17)15-7-6-10-4-3-5-11(14)8-10/h3-8,12H,9H2,1-2H3,(H2,15,16,17)/b7-6+. The van der Waals surface area contributed by atoms with E-state index in [2.05, 4.69) is 10.6 Å². The van der Waals surface area contributed by atoms with Gasteiger partial charge in [-0.05, 0) is 23.8 Å². The van der Waals surface area contributed by atoms with Crippen molar-refractivity contribution in [1.82, 2.24) is 10.6 Å². The van der Waals surface area contributed by atoms with Gasteiger partial charge in [0, 0.05) is 20.4 Å². The van der Waals surface area contributed by atoms with Gasteiger partial charge in [-0.1, -0.05) is 12.1 Å². The normalized spacial score (nSPS) is 10.9. The lowest BCUT2D eigenvalue weighted by atomic mass is 10.2. The first-order chi connectivity index (χ1) is 9.15. The Kier molecular flexibility index (Phi) is 6.56.